The molecule has 1 saturated heterocycles. The largest absolute Gasteiger partial charge is 0.347 e. The summed E-state index contributed by atoms with van der Waals surface area (Å²) < 4.78 is 0. The molecule has 4 nitrogen and oxygen atoms in total. The zero-order valence-corrected chi connectivity index (χ0v) is 14.1. The molecular weight excluding hydrogens is 306 g/mol. The average molecular weight is 329 g/mol. The van der Waals surface area contributed by atoms with Gasteiger partial charge in [0.25, 0.3) is 5.91 Å². The van der Waals surface area contributed by atoms with E-state index in [1.54, 1.807) is 10.9 Å². The maximum atomic E-state index is 11.9. The number of rotatable bonds is 5. The third kappa shape index (κ3) is 4.88. The van der Waals surface area contributed by atoms with Crippen LogP contribution in [0, 0.1) is 0 Å². The third-order valence-electron chi connectivity index (χ3n) is 4.21. The molecule has 1 aliphatic rings. The SMILES string of the molecule is O=C(NCc1cccc(CN2CCCCCC2)c1)c1cscn1. The summed E-state index contributed by atoms with van der Waals surface area (Å²) in [4.78, 5) is 18.5. The first-order valence-corrected chi connectivity index (χ1v) is 9.22. The maximum absolute atomic E-state index is 11.9. The van der Waals surface area contributed by atoms with Crippen molar-refractivity contribution < 1.29 is 4.79 Å². The van der Waals surface area contributed by atoms with Crippen LogP contribution in [0.4, 0.5) is 0 Å². The maximum Gasteiger partial charge on any atom is 0.271 e. The van der Waals surface area contributed by atoms with E-state index >= 15 is 0 Å². The number of amides is 1. The van der Waals surface area contributed by atoms with Gasteiger partial charge in [-0.05, 0) is 37.1 Å². The molecule has 5 heteroatoms. The zero-order valence-electron chi connectivity index (χ0n) is 13.3. The molecule has 0 unspecified atom stereocenters. The van der Waals surface area contributed by atoms with Crippen LogP contribution in [0.25, 0.3) is 0 Å². The van der Waals surface area contributed by atoms with Gasteiger partial charge in [0.15, 0.2) is 0 Å². The van der Waals surface area contributed by atoms with Crippen LogP contribution in [0.3, 0.4) is 0 Å². The highest BCUT2D eigenvalue weighted by atomic mass is 32.1. The number of hydrogen-bond donors (Lipinski definition) is 1. The number of carbonyl (C=O) groups excluding carboxylic acids is 1. The molecule has 3 rings (SSSR count). The molecule has 2 aromatic rings. The Kier molecular flexibility index (Phi) is 5.77. The fourth-order valence-corrected chi connectivity index (χ4v) is 3.52. The number of nitrogens with zero attached hydrogens (tertiary/aromatic N) is 2. The third-order valence-corrected chi connectivity index (χ3v) is 4.80. The van der Waals surface area contributed by atoms with Crippen LogP contribution >= 0.6 is 11.3 Å². The van der Waals surface area contributed by atoms with Gasteiger partial charge in [-0.3, -0.25) is 9.69 Å². The molecule has 2 heterocycles. The van der Waals surface area contributed by atoms with Gasteiger partial charge in [0.05, 0.1) is 5.51 Å². The molecule has 1 aromatic carbocycles. The molecule has 0 aliphatic carbocycles. The first kappa shape index (κ1) is 16.1. The summed E-state index contributed by atoms with van der Waals surface area (Å²) in [5, 5.41) is 4.70. The highest BCUT2D eigenvalue weighted by Crippen LogP contribution is 2.14. The predicted molar refractivity (Wildman–Crippen MR) is 93.5 cm³/mol. The van der Waals surface area contributed by atoms with Gasteiger partial charge in [-0.15, -0.1) is 11.3 Å². The Labute approximate surface area is 141 Å². The summed E-state index contributed by atoms with van der Waals surface area (Å²) in [6.45, 7) is 3.95. The van der Waals surface area contributed by atoms with Crippen LogP contribution in [-0.2, 0) is 13.1 Å². The summed E-state index contributed by atoms with van der Waals surface area (Å²) >= 11 is 1.44. The monoisotopic (exact) mass is 329 g/mol. The average Bonchev–Trinajstić information content (AvgIpc) is 2.99. The van der Waals surface area contributed by atoms with Gasteiger partial charge in [-0.25, -0.2) is 4.98 Å². The van der Waals surface area contributed by atoms with Gasteiger partial charge in [-0.1, -0.05) is 37.1 Å². The van der Waals surface area contributed by atoms with Crippen molar-refractivity contribution in [2.75, 3.05) is 13.1 Å². The molecule has 0 bridgehead atoms. The second-order valence-electron chi connectivity index (χ2n) is 6.07. The molecule has 1 aliphatic heterocycles. The molecule has 122 valence electrons. The Morgan fingerprint density at radius 3 is 2.70 bits per heavy atom. The second-order valence-corrected chi connectivity index (χ2v) is 6.79. The highest BCUT2D eigenvalue weighted by molar-refractivity contribution is 7.07. The highest BCUT2D eigenvalue weighted by Gasteiger charge is 2.10. The summed E-state index contributed by atoms with van der Waals surface area (Å²) in [7, 11) is 0. The van der Waals surface area contributed by atoms with E-state index in [0.29, 0.717) is 12.2 Å². The van der Waals surface area contributed by atoms with Crippen LogP contribution in [0.5, 0.6) is 0 Å². The lowest BCUT2D eigenvalue weighted by Crippen LogP contribution is -2.24. The Morgan fingerprint density at radius 1 is 1.17 bits per heavy atom. The van der Waals surface area contributed by atoms with Gasteiger partial charge in [0.1, 0.15) is 5.69 Å². The molecule has 0 spiro atoms. The minimum absolute atomic E-state index is 0.107. The molecule has 23 heavy (non-hydrogen) atoms. The van der Waals surface area contributed by atoms with E-state index in [0.717, 1.165) is 12.1 Å². The van der Waals surface area contributed by atoms with Crippen molar-refractivity contribution in [3.05, 3.63) is 52.0 Å². The van der Waals surface area contributed by atoms with E-state index in [2.05, 4.69) is 39.5 Å². The molecule has 0 radical (unpaired) electrons. The lowest BCUT2D eigenvalue weighted by Gasteiger charge is -2.20. The number of nitrogens with one attached hydrogen (secondary N) is 1. The van der Waals surface area contributed by atoms with E-state index in [4.69, 9.17) is 0 Å². The van der Waals surface area contributed by atoms with Crippen molar-refractivity contribution in [3.8, 4) is 0 Å². The van der Waals surface area contributed by atoms with Crippen molar-refractivity contribution in [1.29, 1.82) is 0 Å². The van der Waals surface area contributed by atoms with Gasteiger partial charge < -0.3 is 5.32 Å². The molecule has 1 amide bonds. The van der Waals surface area contributed by atoms with E-state index in [1.165, 1.54) is 55.7 Å². The number of thiazole rings is 1. The van der Waals surface area contributed by atoms with Crippen LogP contribution in [-0.4, -0.2) is 28.9 Å². The van der Waals surface area contributed by atoms with Crippen LogP contribution in [0.2, 0.25) is 0 Å². The Hall–Kier alpha value is -1.72. The van der Waals surface area contributed by atoms with Crippen LogP contribution in [0.15, 0.2) is 35.2 Å². The van der Waals surface area contributed by atoms with E-state index < -0.39 is 0 Å². The molecule has 0 atom stereocenters. The molecule has 0 saturated carbocycles. The summed E-state index contributed by atoms with van der Waals surface area (Å²) in [6, 6.07) is 8.52. The standard InChI is InChI=1S/C18H23N3OS/c22-18(17-13-23-14-20-17)19-11-15-6-5-7-16(10-15)12-21-8-3-1-2-4-9-21/h5-7,10,13-14H,1-4,8-9,11-12H2,(H,19,22). The van der Waals surface area contributed by atoms with Crippen molar-refractivity contribution in [1.82, 2.24) is 15.2 Å². The molecular formula is C18H23N3OS. The van der Waals surface area contributed by atoms with E-state index in [9.17, 15) is 4.79 Å². The molecule has 1 aromatic heterocycles. The van der Waals surface area contributed by atoms with Gasteiger partial charge in [-0.2, -0.15) is 0 Å². The zero-order chi connectivity index (χ0) is 15.9. The summed E-state index contributed by atoms with van der Waals surface area (Å²) in [5.41, 5.74) is 4.64. The molecule has 1 fully saturated rings. The van der Waals surface area contributed by atoms with Crippen molar-refractivity contribution in [3.63, 3.8) is 0 Å². The first-order chi connectivity index (χ1) is 11.3. The van der Waals surface area contributed by atoms with Crippen molar-refractivity contribution in [2.45, 2.75) is 38.8 Å². The van der Waals surface area contributed by atoms with Crippen LogP contribution < -0.4 is 5.32 Å². The lowest BCUT2D eigenvalue weighted by atomic mass is 10.1. The molecule has 1 N–H and O–H groups in total. The van der Waals surface area contributed by atoms with Crippen LogP contribution in [0.1, 0.15) is 47.3 Å². The summed E-state index contributed by atoms with van der Waals surface area (Å²) in [5.74, 6) is -0.107. The fourth-order valence-electron chi connectivity index (χ4n) is 2.99. The van der Waals surface area contributed by atoms with E-state index in [-0.39, 0.29) is 5.91 Å². The van der Waals surface area contributed by atoms with E-state index in [1.807, 2.05) is 0 Å². The Bertz CT molecular complexity index is 619. The number of likely N-dealkylation sites (tertiary alicyclic amines) is 1. The minimum atomic E-state index is -0.107. The lowest BCUT2D eigenvalue weighted by molar-refractivity contribution is 0.0946. The van der Waals surface area contributed by atoms with Gasteiger partial charge >= 0.3 is 0 Å². The number of hydrogen-bond acceptors (Lipinski definition) is 4. The second kappa shape index (κ2) is 8.22. The van der Waals surface area contributed by atoms with Crippen molar-refractivity contribution in [2.24, 2.45) is 0 Å². The topological polar surface area (TPSA) is 45.2 Å². The van der Waals surface area contributed by atoms with Crippen molar-refractivity contribution >= 4 is 17.2 Å². The first-order valence-electron chi connectivity index (χ1n) is 8.28. The number of aromatic nitrogens is 1. The number of carbonyl (C=O) groups is 1. The van der Waals surface area contributed by atoms with Gasteiger partial charge in [0, 0.05) is 18.5 Å². The quantitative estimate of drug-likeness (QED) is 0.914. The smallest absolute Gasteiger partial charge is 0.271 e. The normalized spacial score (nSPS) is 16.0. The van der Waals surface area contributed by atoms with Gasteiger partial charge in [0.2, 0.25) is 0 Å². The minimum Gasteiger partial charge on any atom is -0.347 e. The Morgan fingerprint density at radius 2 is 1.96 bits per heavy atom. The number of benzene rings is 1. The fraction of sp³-hybridized carbons (Fsp3) is 0.444. The Balaban J connectivity index is 1.55. The summed E-state index contributed by atoms with van der Waals surface area (Å²) in [6.07, 6.45) is 5.34. The predicted octanol–water partition coefficient (Wildman–Crippen LogP) is 3.45.